The van der Waals surface area contributed by atoms with E-state index in [0.717, 1.165) is 39.0 Å². The summed E-state index contributed by atoms with van der Waals surface area (Å²) >= 11 is 0. The van der Waals surface area contributed by atoms with Crippen molar-refractivity contribution in [2.45, 2.75) is 71.9 Å². The number of carbonyl (C=O) groups is 2. The van der Waals surface area contributed by atoms with Crippen molar-refractivity contribution in [1.82, 2.24) is 20.0 Å². The number of nitrogens with zero attached hydrogens (tertiary/aromatic N) is 3. The molecule has 2 aliphatic rings. The van der Waals surface area contributed by atoms with Crippen LogP contribution in [-0.2, 0) is 4.79 Å². The Labute approximate surface area is 159 Å². The quantitative estimate of drug-likeness (QED) is 0.813. The average Bonchev–Trinajstić information content (AvgIpc) is 3.09. The number of rotatable bonds is 5. The van der Waals surface area contributed by atoms with Gasteiger partial charge in [-0.3, -0.25) is 9.69 Å². The predicted molar refractivity (Wildman–Crippen MR) is 105 cm³/mol. The first-order chi connectivity index (χ1) is 12.3. The second kappa shape index (κ2) is 9.07. The molecule has 0 radical (unpaired) electrons. The van der Waals surface area contributed by atoms with E-state index in [1.165, 1.54) is 12.8 Å². The molecule has 3 amide bonds. The first-order valence-electron chi connectivity index (χ1n) is 10.4. The summed E-state index contributed by atoms with van der Waals surface area (Å²) in [5.74, 6) is 0.757. The van der Waals surface area contributed by atoms with Gasteiger partial charge in [-0.1, -0.05) is 12.8 Å². The number of amides is 3. The van der Waals surface area contributed by atoms with Crippen LogP contribution in [0, 0.1) is 5.92 Å². The topological polar surface area (TPSA) is 55.9 Å². The number of nitrogens with one attached hydrogen (secondary N) is 1. The zero-order chi connectivity index (χ0) is 19.3. The first-order valence-corrected chi connectivity index (χ1v) is 10.4. The van der Waals surface area contributed by atoms with Gasteiger partial charge in [0, 0.05) is 44.8 Å². The highest BCUT2D eigenvalue weighted by Gasteiger charge is 2.38. The third-order valence-electron chi connectivity index (χ3n) is 5.65. The minimum Gasteiger partial charge on any atom is -0.342 e. The van der Waals surface area contributed by atoms with Crippen molar-refractivity contribution in [2.24, 2.45) is 5.92 Å². The summed E-state index contributed by atoms with van der Waals surface area (Å²) in [4.78, 5) is 31.8. The fourth-order valence-corrected chi connectivity index (χ4v) is 4.25. The van der Waals surface area contributed by atoms with Crippen molar-refractivity contribution >= 4 is 11.9 Å². The summed E-state index contributed by atoms with van der Waals surface area (Å²) in [6, 6.07) is -0.00476. The average molecular weight is 367 g/mol. The molecule has 0 bridgehead atoms. The lowest BCUT2D eigenvalue weighted by Gasteiger charge is -2.42. The second-order valence-corrected chi connectivity index (χ2v) is 8.70. The van der Waals surface area contributed by atoms with Crippen molar-refractivity contribution in [3.8, 4) is 0 Å². The Bertz CT molecular complexity index is 471. The first kappa shape index (κ1) is 21.0. The van der Waals surface area contributed by atoms with Gasteiger partial charge in [-0.15, -0.1) is 0 Å². The van der Waals surface area contributed by atoms with Gasteiger partial charge in [0.2, 0.25) is 5.91 Å². The number of piperazine rings is 1. The van der Waals surface area contributed by atoms with Crippen LogP contribution in [-0.4, -0.2) is 77.5 Å². The van der Waals surface area contributed by atoms with Crippen LogP contribution in [0.15, 0.2) is 0 Å². The summed E-state index contributed by atoms with van der Waals surface area (Å²) in [6.07, 6.45) is 4.78. The second-order valence-electron chi connectivity index (χ2n) is 8.70. The van der Waals surface area contributed by atoms with Gasteiger partial charge in [-0.05, 0) is 53.4 Å². The highest BCUT2D eigenvalue weighted by molar-refractivity contribution is 5.82. The minimum atomic E-state index is -0.223. The van der Waals surface area contributed by atoms with Crippen LogP contribution in [0.3, 0.4) is 0 Å². The molecule has 0 unspecified atom stereocenters. The molecule has 0 aromatic rings. The van der Waals surface area contributed by atoms with Crippen molar-refractivity contribution < 1.29 is 9.59 Å². The van der Waals surface area contributed by atoms with Crippen molar-refractivity contribution in [2.75, 3.05) is 39.3 Å². The monoisotopic (exact) mass is 366 g/mol. The van der Waals surface area contributed by atoms with Gasteiger partial charge in [0.1, 0.15) is 0 Å². The summed E-state index contributed by atoms with van der Waals surface area (Å²) < 4.78 is 0. The number of carbonyl (C=O) groups excluding carboxylic acids is 2. The molecule has 2 rings (SSSR count). The predicted octanol–water partition coefficient (Wildman–Crippen LogP) is 2.54. The van der Waals surface area contributed by atoms with Gasteiger partial charge < -0.3 is 15.1 Å². The van der Waals surface area contributed by atoms with E-state index in [0.29, 0.717) is 19.0 Å². The molecule has 6 nitrogen and oxygen atoms in total. The number of urea groups is 1. The molecule has 0 aromatic carbocycles. The third-order valence-corrected chi connectivity index (χ3v) is 5.65. The number of hydrogen-bond acceptors (Lipinski definition) is 3. The molecule has 150 valence electrons. The Morgan fingerprint density at radius 1 is 1.04 bits per heavy atom. The molecule has 1 saturated heterocycles. The summed E-state index contributed by atoms with van der Waals surface area (Å²) in [5, 5.41) is 3.04. The fourth-order valence-electron chi connectivity index (χ4n) is 4.25. The standard InChI is InChI=1S/C20H38N4O2/c1-6-22(7-2)18(25)17(16-10-8-9-11-16)23-12-14-24(15-13-23)19(26)21-20(3,4)5/h16-17H,6-15H2,1-5H3,(H,21,26)/t17-/m0/s1. The van der Waals surface area contributed by atoms with Gasteiger partial charge in [-0.25, -0.2) is 4.79 Å². The maximum atomic E-state index is 13.2. The lowest BCUT2D eigenvalue weighted by atomic mass is 9.94. The van der Waals surface area contributed by atoms with Crippen LogP contribution in [0.1, 0.15) is 60.3 Å². The Kier molecular flexibility index (Phi) is 7.33. The molecule has 26 heavy (non-hydrogen) atoms. The normalized spacial score (nSPS) is 20.9. The van der Waals surface area contributed by atoms with E-state index in [1.807, 2.05) is 30.6 Å². The molecule has 0 aromatic heterocycles. The van der Waals surface area contributed by atoms with Crippen molar-refractivity contribution in [1.29, 1.82) is 0 Å². The van der Waals surface area contributed by atoms with Crippen molar-refractivity contribution in [3.05, 3.63) is 0 Å². The highest BCUT2D eigenvalue weighted by Crippen LogP contribution is 2.32. The Balaban J connectivity index is 2.02. The van der Waals surface area contributed by atoms with E-state index >= 15 is 0 Å². The summed E-state index contributed by atoms with van der Waals surface area (Å²) in [5.41, 5.74) is -0.223. The van der Waals surface area contributed by atoms with Gasteiger partial charge in [0.25, 0.3) is 0 Å². The fraction of sp³-hybridized carbons (Fsp3) is 0.900. The highest BCUT2D eigenvalue weighted by atomic mass is 16.2. The van der Waals surface area contributed by atoms with Crippen LogP contribution in [0.4, 0.5) is 4.79 Å². The lowest BCUT2D eigenvalue weighted by Crippen LogP contribution is -2.60. The van der Waals surface area contributed by atoms with Gasteiger partial charge in [-0.2, -0.15) is 0 Å². The Morgan fingerprint density at radius 3 is 2.04 bits per heavy atom. The Morgan fingerprint density at radius 2 is 1.58 bits per heavy atom. The zero-order valence-electron chi connectivity index (χ0n) is 17.4. The van der Waals surface area contributed by atoms with Gasteiger partial charge in [0.05, 0.1) is 6.04 Å². The van der Waals surface area contributed by atoms with Crippen LogP contribution >= 0.6 is 0 Å². The van der Waals surface area contributed by atoms with Crippen LogP contribution in [0.5, 0.6) is 0 Å². The molecule has 1 N–H and O–H groups in total. The smallest absolute Gasteiger partial charge is 0.317 e. The molecule has 1 aliphatic heterocycles. The molecule has 1 heterocycles. The third kappa shape index (κ3) is 5.35. The van der Waals surface area contributed by atoms with Crippen LogP contribution in [0.2, 0.25) is 0 Å². The molecule has 1 saturated carbocycles. The van der Waals surface area contributed by atoms with E-state index in [4.69, 9.17) is 0 Å². The molecule has 0 spiro atoms. The van der Waals surface area contributed by atoms with E-state index in [1.54, 1.807) is 0 Å². The molecule has 1 atom stereocenters. The molecular formula is C20H38N4O2. The molecule has 2 fully saturated rings. The lowest BCUT2D eigenvalue weighted by molar-refractivity contribution is -0.139. The van der Waals surface area contributed by atoms with Gasteiger partial charge >= 0.3 is 6.03 Å². The summed E-state index contributed by atoms with van der Waals surface area (Å²) in [6.45, 7) is 14.6. The van der Waals surface area contributed by atoms with Crippen molar-refractivity contribution in [3.63, 3.8) is 0 Å². The van der Waals surface area contributed by atoms with E-state index in [9.17, 15) is 9.59 Å². The van der Waals surface area contributed by atoms with Gasteiger partial charge in [0.15, 0.2) is 0 Å². The number of likely N-dealkylation sites (N-methyl/N-ethyl adjacent to an activating group) is 1. The van der Waals surface area contributed by atoms with Crippen LogP contribution in [0.25, 0.3) is 0 Å². The molecule has 6 heteroatoms. The minimum absolute atomic E-state index is 0.00429. The van der Waals surface area contributed by atoms with E-state index in [2.05, 4.69) is 24.1 Å². The maximum absolute atomic E-state index is 13.2. The number of hydrogen-bond donors (Lipinski definition) is 1. The molecule has 1 aliphatic carbocycles. The SMILES string of the molecule is CCN(CC)C(=O)[C@H](C1CCCC1)N1CCN(C(=O)NC(C)(C)C)CC1. The maximum Gasteiger partial charge on any atom is 0.317 e. The largest absolute Gasteiger partial charge is 0.342 e. The zero-order valence-corrected chi connectivity index (χ0v) is 17.4. The Hall–Kier alpha value is -1.30. The van der Waals surface area contributed by atoms with E-state index < -0.39 is 0 Å². The summed E-state index contributed by atoms with van der Waals surface area (Å²) in [7, 11) is 0. The van der Waals surface area contributed by atoms with E-state index in [-0.39, 0.29) is 23.5 Å². The van der Waals surface area contributed by atoms with Crippen LogP contribution < -0.4 is 5.32 Å². The molecular weight excluding hydrogens is 328 g/mol.